The standard InChI is InChI=1S/C17H24ClN3O3/c1-2-21(11-16(22)23)14-9-13(10-14)20-17(24)19-8-7-12-5-3-4-6-15(12)18/h3-6,13-14H,2,7-11H2,1H3,(H,22,23)(H2,19,20,24). The van der Waals surface area contributed by atoms with Gasteiger partial charge in [0.2, 0.25) is 0 Å². The first-order valence-electron chi connectivity index (χ1n) is 8.23. The fourth-order valence-corrected chi connectivity index (χ4v) is 3.16. The number of nitrogens with one attached hydrogen (secondary N) is 2. The zero-order valence-corrected chi connectivity index (χ0v) is 14.6. The molecule has 1 saturated carbocycles. The molecule has 24 heavy (non-hydrogen) atoms. The molecule has 3 N–H and O–H groups in total. The van der Waals surface area contributed by atoms with E-state index in [1.807, 2.05) is 36.1 Å². The highest BCUT2D eigenvalue weighted by molar-refractivity contribution is 6.31. The Balaban J connectivity index is 1.64. The van der Waals surface area contributed by atoms with Gasteiger partial charge in [0.15, 0.2) is 0 Å². The number of benzene rings is 1. The number of halogens is 1. The molecular weight excluding hydrogens is 330 g/mol. The van der Waals surface area contributed by atoms with E-state index in [1.165, 1.54) is 0 Å². The molecule has 0 heterocycles. The quantitative estimate of drug-likeness (QED) is 0.668. The summed E-state index contributed by atoms with van der Waals surface area (Å²) in [6.07, 6.45) is 2.26. The van der Waals surface area contributed by atoms with Gasteiger partial charge in [-0.05, 0) is 37.4 Å². The molecular formula is C17H24ClN3O3. The molecule has 0 spiro atoms. The predicted octanol–water partition coefficient (Wildman–Crippen LogP) is 2.12. The van der Waals surface area contributed by atoms with Gasteiger partial charge in [0.25, 0.3) is 0 Å². The van der Waals surface area contributed by atoms with Crippen molar-refractivity contribution in [1.82, 2.24) is 15.5 Å². The van der Waals surface area contributed by atoms with Crippen LogP contribution in [0.5, 0.6) is 0 Å². The summed E-state index contributed by atoms with van der Waals surface area (Å²) in [5.74, 6) is -0.814. The van der Waals surface area contributed by atoms with Gasteiger partial charge in [0, 0.05) is 23.7 Å². The molecule has 7 heteroatoms. The lowest BCUT2D eigenvalue weighted by Crippen LogP contribution is -2.56. The van der Waals surface area contributed by atoms with Crippen LogP contribution < -0.4 is 10.6 Å². The van der Waals surface area contributed by atoms with E-state index in [-0.39, 0.29) is 24.7 Å². The summed E-state index contributed by atoms with van der Waals surface area (Å²) in [4.78, 5) is 24.6. The van der Waals surface area contributed by atoms with Crippen LogP contribution in [0.3, 0.4) is 0 Å². The Kier molecular flexibility index (Phi) is 6.87. The molecule has 0 bridgehead atoms. The van der Waals surface area contributed by atoms with Crippen molar-refractivity contribution in [2.45, 2.75) is 38.3 Å². The van der Waals surface area contributed by atoms with Crippen LogP contribution in [0.25, 0.3) is 0 Å². The molecule has 0 aliphatic heterocycles. The molecule has 1 aromatic rings. The highest BCUT2D eigenvalue weighted by Gasteiger charge is 2.34. The van der Waals surface area contributed by atoms with Crippen molar-refractivity contribution < 1.29 is 14.7 Å². The number of aliphatic carboxylic acids is 1. The van der Waals surface area contributed by atoms with Crippen LogP contribution in [0.4, 0.5) is 4.79 Å². The van der Waals surface area contributed by atoms with E-state index >= 15 is 0 Å². The molecule has 132 valence electrons. The van der Waals surface area contributed by atoms with Gasteiger partial charge in [-0.1, -0.05) is 36.7 Å². The van der Waals surface area contributed by atoms with Crippen LogP contribution in [0.2, 0.25) is 5.02 Å². The molecule has 1 aliphatic carbocycles. The van der Waals surface area contributed by atoms with E-state index in [0.717, 1.165) is 18.4 Å². The number of likely N-dealkylation sites (N-methyl/N-ethyl adjacent to an activating group) is 1. The number of hydrogen-bond donors (Lipinski definition) is 3. The first-order chi connectivity index (χ1) is 11.5. The number of nitrogens with zero attached hydrogens (tertiary/aromatic N) is 1. The first kappa shape index (κ1) is 18.5. The third-order valence-electron chi connectivity index (χ3n) is 4.35. The smallest absolute Gasteiger partial charge is 0.317 e. The molecule has 0 radical (unpaired) electrons. The Morgan fingerprint density at radius 3 is 2.67 bits per heavy atom. The van der Waals surface area contributed by atoms with Gasteiger partial charge in [0.1, 0.15) is 0 Å². The molecule has 0 atom stereocenters. The molecule has 1 fully saturated rings. The maximum atomic E-state index is 11.9. The molecule has 2 amide bonds. The average Bonchev–Trinajstić information content (AvgIpc) is 2.50. The summed E-state index contributed by atoms with van der Waals surface area (Å²) >= 11 is 6.08. The normalized spacial score (nSPS) is 19.6. The SMILES string of the molecule is CCN(CC(=O)O)C1CC(NC(=O)NCCc2ccccc2Cl)C1. The Morgan fingerprint density at radius 1 is 1.33 bits per heavy atom. The van der Waals surface area contributed by atoms with Crippen LogP contribution in [-0.2, 0) is 11.2 Å². The Labute approximate surface area is 147 Å². The van der Waals surface area contributed by atoms with Crippen molar-refractivity contribution in [3.8, 4) is 0 Å². The lowest BCUT2D eigenvalue weighted by Gasteiger charge is -2.42. The third kappa shape index (κ3) is 5.39. The topological polar surface area (TPSA) is 81.7 Å². The minimum absolute atomic E-state index is 0.0535. The summed E-state index contributed by atoms with van der Waals surface area (Å²) in [7, 11) is 0. The number of carbonyl (C=O) groups excluding carboxylic acids is 1. The van der Waals surface area contributed by atoms with Crippen molar-refractivity contribution in [2.24, 2.45) is 0 Å². The third-order valence-corrected chi connectivity index (χ3v) is 4.72. The Bertz CT molecular complexity index is 576. The summed E-state index contributed by atoms with van der Waals surface area (Å²) in [5.41, 5.74) is 1.01. The average molecular weight is 354 g/mol. The number of rotatable bonds is 8. The fourth-order valence-electron chi connectivity index (χ4n) is 2.92. The van der Waals surface area contributed by atoms with Gasteiger partial charge in [-0.25, -0.2) is 4.79 Å². The second-order valence-corrected chi connectivity index (χ2v) is 6.43. The largest absolute Gasteiger partial charge is 0.480 e. The van der Waals surface area contributed by atoms with Crippen LogP contribution in [0, 0.1) is 0 Å². The van der Waals surface area contributed by atoms with Crippen LogP contribution in [0.1, 0.15) is 25.3 Å². The monoisotopic (exact) mass is 353 g/mol. The lowest BCUT2D eigenvalue weighted by atomic mass is 9.85. The second kappa shape index (κ2) is 8.89. The summed E-state index contributed by atoms with van der Waals surface area (Å²) in [5, 5.41) is 15.3. The zero-order valence-electron chi connectivity index (χ0n) is 13.8. The maximum absolute atomic E-state index is 11.9. The van der Waals surface area contributed by atoms with Crippen LogP contribution in [-0.4, -0.2) is 53.7 Å². The molecule has 0 aromatic heterocycles. The number of carbonyl (C=O) groups is 2. The summed E-state index contributed by atoms with van der Waals surface area (Å²) < 4.78 is 0. The number of hydrogen-bond acceptors (Lipinski definition) is 3. The predicted molar refractivity (Wildman–Crippen MR) is 93.4 cm³/mol. The number of carboxylic acid groups (broad SMARTS) is 1. The van der Waals surface area contributed by atoms with E-state index in [0.29, 0.717) is 24.5 Å². The second-order valence-electron chi connectivity index (χ2n) is 6.02. The van der Waals surface area contributed by atoms with Gasteiger partial charge < -0.3 is 15.7 Å². The van der Waals surface area contributed by atoms with Crippen LogP contribution >= 0.6 is 11.6 Å². The van der Waals surface area contributed by atoms with E-state index in [4.69, 9.17) is 16.7 Å². The van der Waals surface area contributed by atoms with Crippen molar-refractivity contribution >= 4 is 23.6 Å². The first-order valence-corrected chi connectivity index (χ1v) is 8.61. The number of urea groups is 1. The van der Waals surface area contributed by atoms with E-state index in [1.54, 1.807) is 0 Å². The van der Waals surface area contributed by atoms with E-state index in [2.05, 4.69) is 10.6 Å². The van der Waals surface area contributed by atoms with E-state index < -0.39 is 5.97 Å². The van der Waals surface area contributed by atoms with Gasteiger partial charge in [-0.2, -0.15) is 0 Å². The van der Waals surface area contributed by atoms with Crippen molar-refractivity contribution in [1.29, 1.82) is 0 Å². The molecule has 1 aromatic carbocycles. The molecule has 2 rings (SSSR count). The van der Waals surface area contributed by atoms with Crippen molar-refractivity contribution in [3.63, 3.8) is 0 Å². The minimum atomic E-state index is -0.814. The molecule has 6 nitrogen and oxygen atoms in total. The van der Waals surface area contributed by atoms with Crippen molar-refractivity contribution in [2.75, 3.05) is 19.6 Å². The fraction of sp³-hybridized carbons (Fsp3) is 0.529. The van der Waals surface area contributed by atoms with Gasteiger partial charge in [-0.15, -0.1) is 0 Å². The number of carboxylic acids is 1. The molecule has 0 unspecified atom stereocenters. The highest BCUT2D eigenvalue weighted by atomic mass is 35.5. The van der Waals surface area contributed by atoms with Gasteiger partial charge >= 0.3 is 12.0 Å². The minimum Gasteiger partial charge on any atom is -0.480 e. The summed E-state index contributed by atoms with van der Waals surface area (Å²) in [6.45, 7) is 3.22. The van der Waals surface area contributed by atoms with Gasteiger partial charge in [0.05, 0.1) is 6.54 Å². The Hall–Kier alpha value is -1.79. The lowest BCUT2D eigenvalue weighted by molar-refractivity contribution is -0.139. The maximum Gasteiger partial charge on any atom is 0.317 e. The van der Waals surface area contributed by atoms with Crippen LogP contribution in [0.15, 0.2) is 24.3 Å². The number of amides is 2. The van der Waals surface area contributed by atoms with E-state index in [9.17, 15) is 9.59 Å². The van der Waals surface area contributed by atoms with Crippen molar-refractivity contribution in [3.05, 3.63) is 34.9 Å². The highest BCUT2D eigenvalue weighted by Crippen LogP contribution is 2.25. The summed E-state index contributed by atoms with van der Waals surface area (Å²) in [6, 6.07) is 7.74. The van der Waals surface area contributed by atoms with Gasteiger partial charge in [-0.3, -0.25) is 9.69 Å². The Morgan fingerprint density at radius 2 is 2.04 bits per heavy atom. The molecule has 1 aliphatic rings. The molecule has 0 saturated heterocycles. The zero-order chi connectivity index (χ0) is 17.5.